The molecule has 0 radical (unpaired) electrons. The number of hydrogen-bond acceptors (Lipinski definition) is 3. The van der Waals surface area contributed by atoms with Crippen LogP contribution in [-0.4, -0.2) is 10.1 Å². The number of halogens is 3. The van der Waals surface area contributed by atoms with E-state index in [-0.39, 0.29) is 6.61 Å². The Balaban J connectivity index is 2.37. The van der Waals surface area contributed by atoms with E-state index >= 15 is 0 Å². The molecule has 18 heavy (non-hydrogen) atoms. The maximum atomic E-state index is 9.16. The molecular weight excluding hydrogens is 296 g/mol. The second-order valence-electron chi connectivity index (χ2n) is 3.44. The summed E-state index contributed by atoms with van der Waals surface area (Å²) in [5.74, 6) is 0.833. The molecule has 6 heteroatoms. The van der Waals surface area contributed by atoms with E-state index in [2.05, 4.69) is 4.98 Å². The van der Waals surface area contributed by atoms with Crippen LogP contribution in [0.5, 0.6) is 11.5 Å². The van der Waals surface area contributed by atoms with Crippen LogP contribution < -0.4 is 4.74 Å². The average Bonchev–Trinajstić information content (AvgIpc) is 2.36. The number of aliphatic hydroxyl groups excluding tert-OH is 1. The number of aromatic nitrogens is 1. The lowest BCUT2D eigenvalue weighted by Crippen LogP contribution is -1.93. The van der Waals surface area contributed by atoms with E-state index in [0.717, 1.165) is 0 Å². The lowest BCUT2D eigenvalue weighted by molar-refractivity contribution is 0.276. The number of rotatable bonds is 3. The summed E-state index contributed by atoms with van der Waals surface area (Å²) in [5.41, 5.74) is 0.555. The Kier molecular flexibility index (Phi) is 4.30. The average molecular weight is 305 g/mol. The maximum absolute atomic E-state index is 9.16. The van der Waals surface area contributed by atoms with Gasteiger partial charge in [-0.25, -0.2) is 0 Å². The summed E-state index contributed by atoms with van der Waals surface area (Å²) in [6.07, 6.45) is 3.07. The second-order valence-corrected chi connectivity index (χ2v) is 4.66. The van der Waals surface area contributed by atoms with Gasteiger partial charge in [0, 0.05) is 24.0 Å². The summed E-state index contributed by atoms with van der Waals surface area (Å²) in [4.78, 5) is 3.89. The van der Waals surface area contributed by atoms with Crippen LogP contribution in [0.2, 0.25) is 15.1 Å². The van der Waals surface area contributed by atoms with E-state index in [0.29, 0.717) is 32.1 Å². The Bertz CT molecular complexity index is 575. The predicted molar refractivity (Wildman–Crippen MR) is 71.7 cm³/mol. The highest BCUT2D eigenvalue weighted by Crippen LogP contribution is 2.36. The minimum absolute atomic E-state index is 0.178. The Morgan fingerprint density at radius 3 is 2.50 bits per heavy atom. The number of ether oxygens (including phenoxy) is 1. The van der Waals surface area contributed by atoms with Crippen LogP contribution in [-0.2, 0) is 6.61 Å². The maximum Gasteiger partial charge on any atom is 0.147 e. The van der Waals surface area contributed by atoms with Gasteiger partial charge in [-0.2, -0.15) is 0 Å². The molecule has 94 valence electrons. The van der Waals surface area contributed by atoms with Crippen molar-refractivity contribution in [3.63, 3.8) is 0 Å². The normalized spacial score (nSPS) is 10.4. The van der Waals surface area contributed by atoms with E-state index < -0.39 is 0 Å². The largest absolute Gasteiger partial charge is 0.455 e. The van der Waals surface area contributed by atoms with Gasteiger partial charge in [-0.1, -0.05) is 34.8 Å². The molecule has 0 bridgehead atoms. The van der Waals surface area contributed by atoms with Crippen molar-refractivity contribution in [2.75, 3.05) is 0 Å². The first-order chi connectivity index (χ1) is 8.61. The second kappa shape index (κ2) is 5.76. The Hall–Kier alpha value is -1.000. The molecule has 0 unspecified atom stereocenters. The first kappa shape index (κ1) is 13.4. The molecule has 1 aromatic heterocycles. The fourth-order valence-corrected chi connectivity index (χ4v) is 1.91. The van der Waals surface area contributed by atoms with Gasteiger partial charge in [-0.05, 0) is 12.1 Å². The van der Waals surface area contributed by atoms with Crippen LogP contribution in [0.4, 0.5) is 0 Å². The van der Waals surface area contributed by atoms with E-state index in [1.165, 1.54) is 18.3 Å². The van der Waals surface area contributed by atoms with Crippen molar-refractivity contribution in [3.8, 4) is 11.5 Å². The predicted octanol–water partition coefficient (Wildman–Crippen LogP) is 4.33. The van der Waals surface area contributed by atoms with Gasteiger partial charge in [0.25, 0.3) is 0 Å². The lowest BCUT2D eigenvalue weighted by atomic mass is 10.2. The van der Waals surface area contributed by atoms with Gasteiger partial charge in [0.1, 0.15) is 11.5 Å². The number of pyridine rings is 1. The van der Waals surface area contributed by atoms with E-state index in [4.69, 9.17) is 44.6 Å². The summed E-state index contributed by atoms with van der Waals surface area (Å²) in [7, 11) is 0. The third-order valence-electron chi connectivity index (χ3n) is 2.22. The van der Waals surface area contributed by atoms with Crippen LogP contribution in [0.25, 0.3) is 0 Å². The van der Waals surface area contributed by atoms with Gasteiger partial charge >= 0.3 is 0 Å². The number of aliphatic hydroxyl groups is 1. The van der Waals surface area contributed by atoms with Crippen molar-refractivity contribution < 1.29 is 9.84 Å². The first-order valence-electron chi connectivity index (χ1n) is 4.98. The van der Waals surface area contributed by atoms with E-state index in [1.807, 2.05) is 0 Å². The van der Waals surface area contributed by atoms with Crippen molar-refractivity contribution in [3.05, 3.63) is 51.2 Å². The van der Waals surface area contributed by atoms with Crippen LogP contribution in [0.15, 0.2) is 30.6 Å². The molecule has 0 aliphatic heterocycles. The summed E-state index contributed by atoms with van der Waals surface area (Å²) in [6, 6.07) is 4.65. The molecule has 0 amide bonds. The minimum atomic E-state index is -0.178. The van der Waals surface area contributed by atoms with Crippen LogP contribution in [0, 0.1) is 0 Å². The molecule has 0 aliphatic carbocycles. The van der Waals surface area contributed by atoms with Gasteiger partial charge < -0.3 is 9.84 Å². The summed E-state index contributed by atoms with van der Waals surface area (Å²) < 4.78 is 5.59. The van der Waals surface area contributed by atoms with E-state index in [1.54, 1.807) is 12.3 Å². The number of benzene rings is 1. The van der Waals surface area contributed by atoms with Gasteiger partial charge in [0.05, 0.1) is 21.7 Å². The van der Waals surface area contributed by atoms with Gasteiger partial charge in [-0.3, -0.25) is 4.98 Å². The number of nitrogens with zero attached hydrogens (tertiary/aromatic N) is 1. The third kappa shape index (κ3) is 2.87. The summed E-state index contributed by atoms with van der Waals surface area (Å²) in [6.45, 7) is -0.178. The monoisotopic (exact) mass is 303 g/mol. The molecule has 0 saturated carbocycles. The Morgan fingerprint density at radius 1 is 1.06 bits per heavy atom. The first-order valence-corrected chi connectivity index (χ1v) is 6.11. The van der Waals surface area contributed by atoms with E-state index in [9.17, 15) is 0 Å². The van der Waals surface area contributed by atoms with Crippen molar-refractivity contribution in [2.24, 2.45) is 0 Å². The molecule has 2 aromatic rings. The highest BCUT2D eigenvalue weighted by Gasteiger charge is 2.10. The van der Waals surface area contributed by atoms with Crippen molar-refractivity contribution >= 4 is 34.8 Å². The zero-order chi connectivity index (χ0) is 13.1. The van der Waals surface area contributed by atoms with Crippen molar-refractivity contribution in [1.29, 1.82) is 0 Å². The highest BCUT2D eigenvalue weighted by atomic mass is 35.5. The molecule has 0 aliphatic rings. The molecular formula is C12H8Cl3NO2. The molecule has 1 aromatic carbocycles. The topological polar surface area (TPSA) is 42.4 Å². The molecule has 0 spiro atoms. The smallest absolute Gasteiger partial charge is 0.147 e. The Morgan fingerprint density at radius 2 is 1.78 bits per heavy atom. The summed E-state index contributed by atoms with van der Waals surface area (Å²) >= 11 is 17.7. The molecule has 0 fully saturated rings. The molecule has 0 atom stereocenters. The van der Waals surface area contributed by atoms with Gasteiger partial charge in [-0.15, -0.1) is 0 Å². The third-order valence-corrected chi connectivity index (χ3v) is 3.24. The van der Waals surface area contributed by atoms with Crippen LogP contribution in [0.1, 0.15) is 5.56 Å². The number of hydrogen-bond donors (Lipinski definition) is 1. The molecule has 1 heterocycles. The van der Waals surface area contributed by atoms with Crippen LogP contribution in [0.3, 0.4) is 0 Å². The van der Waals surface area contributed by atoms with Crippen molar-refractivity contribution in [1.82, 2.24) is 4.98 Å². The molecule has 3 nitrogen and oxygen atoms in total. The van der Waals surface area contributed by atoms with Gasteiger partial charge in [0.15, 0.2) is 0 Å². The standard InChI is InChI=1S/C12H8Cl3NO2/c13-8-3-10(15)12(4-9(8)14)18-11-1-2-16-5-7(11)6-17/h1-5,17H,6H2. The fraction of sp³-hybridized carbons (Fsp3) is 0.0833. The zero-order valence-electron chi connectivity index (χ0n) is 9.03. The zero-order valence-corrected chi connectivity index (χ0v) is 11.3. The molecule has 1 N–H and O–H groups in total. The lowest BCUT2D eigenvalue weighted by Gasteiger charge is -2.11. The fourth-order valence-electron chi connectivity index (χ4n) is 1.33. The molecule has 0 saturated heterocycles. The summed E-state index contributed by atoms with van der Waals surface area (Å²) in [5, 5.41) is 10.2. The van der Waals surface area contributed by atoms with Gasteiger partial charge in [0.2, 0.25) is 0 Å². The minimum Gasteiger partial charge on any atom is -0.455 e. The molecule has 2 rings (SSSR count). The Labute approximate surface area is 119 Å². The van der Waals surface area contributed by atoms with Crippen LogP contribution >= 0.6 is 34.8 Å². The van der Waals surface area contributed by atoms with Crippen molar-refractivity contribution in [2.45, 2.75) is 6.61 Å². The highest BCUT2D eigenvalue weighted by molar-refractivity contribution is 6.43. The SMILES string of the molecule is OCc1cnccc1Oc1cc(Cl)c(Cl)cc1Cl. The quantitative estimate of drug-likeness (QED) is 0.858.